The molecule has 102 valence electrons. The molecule has 0 aliphatic heterocycles. The zero-order chi connectivity index (χ0) is 13.1. The second kappa shape index (κ2) is 6.00. The van der Waals surface area contributed by atoms with Crippen LogP contribution in [0.5, 0.6) is 0 Å². The Hall–Kier alpha value is -0.640. The van der Waals surface area contributed by atoms with Crippen LogP contribution in [0.1, 0.15) is 51.9 Å². The lowest BCUT2D eigenvalue weighted by Gasteiger charge is -2.28. The molecule has 2 unspecified atom stereocenters. The van der Waals surface area contributed by atoms with Crippen molar-refractivity contribution in [2.75, 3.05) is 0 Å². The second-order valence-corrected chi connectivity index (χ2v) is 6.48. The lowest BCUT2D eigenvalue weighted by molar-refractivity contribution is -0.127. The summed E-state index contributed by atoms with van der Waals surface area (Å²) >= 11 is 5.08. The molecule has 0 aromatic rings. The minimum absolute atomic E-state index is 0.189. The number of carbonyl (C=O) groups is 1. The summed E-state index contributed by atoms with van der Waals surface area (Å²) in [5.74, 6) is 1.44. The molecule has 0 heterocycles. The average molecular weight is 268 g/mol. The number of thiocarbonyl (C=S) groups is 1. The van der Waals surface area contributed by atoms with Crippen LogP contribution in [0.15, 0.2) is 0 Å². The molecule has 2 aliphatic carbocycles. The number of rotatable bonds is 3. The molecule has 2 fully saturated rings. The highest BCUT2D eigenvalue weighted by molar-refractivity contribution is 7.80. The lowest BCUT2D eigenvalue weighted by atomic mass is 9.82. The number of nitrogens with two attached hydrogens (primary N) is 1. The lowest BCUT2D eigenvalue weighted by Crippen LogP contribution is -2.44. The monoisotopic (exact) mass is 268 g/mol. The van der Waals surface area contributed by atoms with E-state index in [0.29, 0.717) is 4.99 Å². The van der Waals surface area contributed by atoms with Crippen LogP contribution in [0.4, 0.5) is 0 Å². The number of hydrogen-bond donors (Lipinski definition) is 2. The molecule has 1 amide bonds. The molecule has 0 radical (unpaired) electrons. The van der Waals surface area contributed by atoms with Crippen LogP contribution in [-0.4, -0.2) is 16.9 Å². The predicted octanol–water partition coefficient (Wildman–Crippen LogP) is 2.38. The van der Waals surface area contributed by atoms with Crippen molar-refractivity contribution in [3.05, 3.63) is 0 Å². The zero-order valence-corrected chi connectivity index (χ0v) is 12.0. The largest absolute Gasteiger partial charge is 0.393 e. The van der Waals surface area contributed by atoms with Crippen molar-refractivity contribution in [1.82, 2.24) is 5.32 Å². The summed E-state index contributed by atoms with van der Waals surface area (Å²) in [4.78, 5) is 12.8. The summed E-state index contributed by atoms with van der Waals surface area (Å²) in [5.41, 5.74) is 5.74. The molecular formula is C14H24N2OS. The van der Waals surface area contributed by atoms with Crippen LogP contribution in [0.25, 0.3) is 0 Å². The normalized spacial score (nSPS) is 36.3. The summed E-state index contributed by atoms with van der Waals surface area (Å²) in [6.07, 6.45) is 7.62. The van der Waals surface area contributed by atoms with Gasteiger partial charge in [0.15, 0.2) is 0 Å². The summed E-state index contributed by atoms with van der Waals surface area (Å²) in [6.45, 7) is 2.27. The Morgan fingerprint density at radius 3 is 2.44 bits per heavy atom. The molecule has 3 N–H and O–H groups in total. The van der Waals surface area contributed by atoms with Crippen molar-refractivity contribution in [1.29, 1.82) is 0 Å². The topological polar surface area (TPSA) is 55.1 Å². The van der Waals surface area contributed by atoms with Gasteiger partial charge in [-0.3, -0.25) is 4.79 Å². The first-order valence-corrected chi connectivity index (χ1v) is 7.58. The van der Waals surface area contributed by atoms with Crippen LogP contribution in [-0.2, 0) is 4.79 Å². The Morgan fingerprint density at radius 2 is 1.83 bits per heavy atom. The van der Waals surface area contributed by atoms with Gasteiger partial charge in [-0.1, -0.05) is 25.6 Å². The van der Waals surface area contributed by atoms with E-state index in [9.17, 15) is 4.79 Å². The van der Waals surface area contributed by atoms with E-state index in [2.05, 4.69) is 12.2 Å². The van der Waals surface area contributed by atoms with Gasteiger partial charge in [-0.15, -0.1) is 0 Å². The van der Waals surface area contributed by atoms with Gasteiger partial charge >= 0.3 is 0 Å². The van der Waals surface area contributed by atoms with Crippen molar-refractivity contribution in [2.24, 2.45) is 23.5 Å². The third-order valence-electron chi connectivity index (χ3n) is 4.60. The fourth-order valence-corrected chi connectivity index (χ4v) is 3.58. The number of amides is 1. The third kappa shape index (κ3) is 3.22. The second-order valence-electron chi connectivity index (χ2n) is 6.01. The smallest absolute Gasteiger partial charge is 0.223 e. The summed E-state index contributed by atoms with van der Waals surface area (Å²) < 4.78 is 0. The number of nitrogens with one attached hydrogen (secondary N) is 1. The molecule has 2 saturated carbocycles. The standard InChI is InChI=1S/C14H24N2OS/c1-9-5-7-10(8-6-9)14(17)16-12-4-2-3-11(12)13(15)18/h9-12H,2-8H2,1H3,(H2,15,18)(H,16,17). The average Bonchev–Trinajstić information content (AvgIpc) is 2.78. The molecule has 2 rings (SSSR count). The molecule has 0 aromatic heterocycles. The van der Waals surface area contributed by atoms with Crippen LogP contribution >= 0.6 is 12.2 Å². The fraction of sp³-hybridized carbons (Fsp3) is 0.857. The van der Waals surface area contributed by atoms with Crippen LogP contribution in [0.3, 0.4) is 0 Å². The van der Waals surface area contributed by atoms with Crippen LogP contribution in [0.2, 0.25) is 0 Å². The molecule has 18 heavy (non-hydrogen) atoms. The van der Waals surface area contributed by atoms with Gasteiger partial charge < -0.3 is 11.1 Å². The summed E-state index contributed by atoms with van der Waals surface area (Å²) in [6, 6.07) is 0.189. The molecule has 0 bridgehead atoms. The van der Waals surface area contributed by atoms with Crippen molar-refractivity contribution in [3.8, 4) is 0 Å². The number of carbonyl (C=O) groups excluding carboxylic acids is 1. The summed E-state index contributed by atoms with van der Waals surface area (Å²) in [5, 5.41) is 3.19. The minimum Gasteiger partial charge on any atom is -0.393 e. The highest BCUT2D eigenvalue weighted by Crippen LogP contribution is 2.30. The molecule has 0 aromatic carbocycles. The van der Waals surface area contributed by atoms with Crippen LogP contribution in [0, 0.1) is 17.8 Å². The maximum atomic E-state index is 12.2. The minimum atomic E-state index is 0.189. The first-order chi connectivity index (χ1) is 8.58. The van der Waals surface area contributed by atoms with Crippen molar-refractivity contribution in [3.63, 3.8) is 0 Å². The van der Waals surface area contributed by atoms with E-state index < -0.39 is 0 Å². The molecule has 3 nitrogen and oxygen atoms in total. The Bertz CT molecular complexity index is 324. The van der Waals surface area contributed by atoms with Gasteiger partial charge in [0.2, 0.25) is 5.91 Å². The highest BCUT2D eigenvalue weighted by Gasteiger charge is 2.33. The molecule has 0 saturated heterocycles. The Morgan fingerprint density at radius 1 is 1.17 bits per heavy atom. The van der Waals surface area contributed by atoms with E-state index in [4.69, 9.17) is 18.0 Å². The summed E-state index contributed by atoms with van der Waals surface area (Å²) in [7, 11) is 0. The van der Waals surface area contributed by atoms with E-state index in [1.807, 2.05) is 0 Å². The van der Waals surface area contributed by atoms with Crippen LogP contribution < -0.4 is 11.1 Å². The fourth-order valence-electron chi connectivity index (χ4n) is 3.30. The van der Waals surface area contributed by atoms with Gasteiger partial charge in [0, 0.05) is 17.9 Å². The maximum Gasteiger partial charge on any atom is 0.223 e. The molecular weight excluding hydrogens is 244 g/mol. The van der Waals surface area contributed by atoms with E-state index in [0.717, 1.165) is 38.0 Å². The third-order valence-corrected chi connectivity index (χ3v) is 4.90. The van der Waals surface area contributed by atoms with E-state index in [1.54, 1.807) is 0 Å². The first-order valence-electron chi connectivity index (χ1n) is 7.17. The first kappa shape index (κ1) is 13.8. The van der Waals surface area contributed by atoms with Crippen molar-refractivity contribution in [2.45, 2.75) is 57.9 Å². The van der Waals surface area contributed by atoms with Gasteiger partial charge in [0.25, 0.3) is 0 Å². The Kier molecular flexibility index (Phi) is 4.60. The molecule has 0 spiro atoms. The molecule has 2 aliphatic rings. The Labute approximate surface area is 115 Å². The van der Waals surface area contributed by atoms with Gasteiger partial charge in [0.1, 0.15) is 0 Å². The van der Waals surface area contributed by atoms with E-state index >= 15 is 0 Å². The SMILES string of the molecule is CC1CCC(C(=O)NC2CCCC2C(N)=S)CC1. The Balaban J connectivity index is 1.85. The maximum absolute atomic E-state index is 12.2. The van der Waals surface area contributed by atoms with Gasteiger partial charge in [-0.25, -0.2) is 0 Å². The van der Waals surface area contributed by atoms with E-state index in [1.165, 1.54) is 12.8 Å². The predicted molar refractivity (Wildman–Crippen MR) is 77.2 cm³/mol. The van der Waals surface area contributed by atoms with Gasteiger partial charge in [0.05, 0.1) is 4.99 Å². The number of hydrogen-bond acceptors (Lipinski definition) is 2. The van der Waals surface area contributed by atoms with Crippen molar-refractivity contribution < 1.29 is 4.79 Å². The van der Waals surface area contributed by atoms with Gasteiger partial charge in [-0.2, -0.15) is 0 Å². The highest BCUT2D eigenvalue weighted by atomic mass is 32.1. The quantitative estimate of drug-likeness (QED) is 0.773. The zero-order valence-electron chi connectivity index (χ0n) is 11.2. The van der Waals surface area contributed by atoms with Crippen molar-refractivity contribution >= 4 is 23.1 Å². The molecule has 2 atom stereocenters. The van der Waals surface area contributed by atoms with Gasteiger partial charge in [-0.05, 0) is 44.4 Å². The molecule has 4 heteroatoms. The van der Waals surface area contributed by atoms with E-state index in [-0.39, 0.29) is 23.8 Å².